The third-order valence-electron chi connectivity index (χ3n) is 5.48. The van der Waals surface area contributed by atoms with Crippen LogP contribution in [0, 0.1) is 0 Å². The number of halogens is 2. The molecule has 0 spiro atoms. The van der Waals surface area contributed by atoms with E-state index in [0.29, 0.717) is 28.1 Å². The van der Waals surface area contributed by atoms with Crippen LogP contribution in [0.2, 0.25) is 10.0 Å². The van der Waals surface area contributed by atoms with Crippen molar-refractivity contribution in [2.45, 2.75) is 6.54 Å². The van der Waals surface area contributed by atoms with Crippen LogP contribution < -0.4 is 16.1 Å². The molecule has 11 nitrogen and oxygen atoms in total. The summed E-state index contributed by atoms with van der Waals surface area (Å²) in [6.07, 6.45) is 0. The number of likely N-dealkylation sites (N-methyl/N-ethyl adjacent to an activating group) is 2. The Morgan fingerprint density at radius 2 is 1.74 bits per heavy atom. The van der Waals surface area contributed by atoms with Gasteiger partial charge in [0.2, 0.25) is 17.7 Å². The molecule has 0 saturated heterocycles. The molecule has 1 aromatic carbocycles. The van der Waals surface area contributed by atoms with Crippen LogP contribution in [0.25, 0.3) is 22.6 Å². The van der Waals surface area contributed by atoms with Gasteiger partial charge < -0.3 is 14.2 Å². The molecule has 180 valence electrons. The lowest BCUT2D eigenvalue weighted by Crippen LogP contribution is -2.37. The number of fused-ring (bicyclic) bond motifs is 1. The molecule has 0 aliphatic carbocycles. The smallest absolute Gasteiger partial charge is 0.332 e. The zero-order chi connectivity index (χ0) is 24.7. The first kappa shape index (κ1) is 24.0. The summed E-state index contributed by atoms with van der Waals surface area (Å²) in [7, 11) is 8.84. The summed E-state index contributed by atoms with van der Waals surface area (Å²) >= 11 is 12.1. The summed E-state index contributed by atoms with van der Waals surface area (Å²) < 4.78 is 9.97. The molecule has 0 bridgehead atoms. The highest BCUT2D eigenvalue weighted by atomic mass is 35.5. The number of imidazole rings is 1. The van der Waals surface area contributed by atoms with Crippen molar-refractivity contribution in [3.63, 3.8) is 0 Å². The molecule has 4 aromatic rings. The average Bonchev–Trinajstić information content (AvgIpc) is 3.42. The summed E-state index contributed by atoms with van der Waals surface area (Å²) in [6, 6.07) is 5.01. The third kappa shape index (κ3) is 4.33. The Bertz CT molecular complexity index is 1480. The topological polar surface area (TPSA) is 107 Å². The summed E-state index contributed by atoms with van der Waals surface area (Å²) in [5, 5.41) is 9.05. The van der Waals surface area contributed by atoms with Gasteiger partial charge in [0.05, 0.1) is 10.0 Å². The molecule has 0 radical (unpaired) electrons. The van der Waals surface area contributed by atoms with Gasteiger partial charge in [0.25, 0.3) is 5.56 Å². The van der Waals surface area contributed by atoms with Gasteiger partial charge in [0.1, 0.15) is 6.54 Å². The lowest BCUT2D eigenvalue weighted by molar-refractivity contribution is 0.414. The van der Waals surface area contributed by atoms with Crippen molar-refractivity contribution in [3.05, 3.63) is 55.0 Å². The van der Waals surface area contributed by atoms with E-state index in [1.807, 2.05) is 30.9 Å². The molecule has 0 aliphatic heterocycles. The van der Waals surface area contributed by atoms with E-state index in [0.717, 1.165) is 11.1 Å². The van der Waals surface area contributed by atoms with Gasteiger partial charge in [-0.2, -0.15) is 4.98 Å². The summed E-state index contributed by atoms with van der Waals surface area (Å²) in [5.41, 5.74) is 0.256. The quantitative estimate of drug-likeness (QED) is 0.373. The first-order valence-corrected chi connectivity index (χ1v) is 11.1. The number of aryl methyl sites for hydroxylation is 1. The van der Waals surface area contributed by atoms with E-state index in [-0.39, 0.29) is 29.5 Å². The van der Waals surface area contributed by atoms with Crippen molar-refractivity contribution in [1.29, 1.82) is 0 Å². The maximum atomic E-state index is 13.1. The molecule has 3 heterocycles. The van der Waals surface area contributed by atoms with Crippen molar-refractivity contribution in [2.75, 3.05) is 39.1 Å². The molecule has 0 unspecified atom stereocenters. The molecular formula is C21H24Cl2N8O3. The second-order valence-corrected chi connectivity index (χ2v) is 9.04. The van der Waals surface area contributed by atoms with Gasteiger partial charge in [-0.15, -0.1) is 10.2 Å². The number of benzene rings is 1. The predicted octanol–water partition coefficient (Wildman–Crippen LogP) is 1.84. The van der Waals surface area contributed by atoms with Crippen molar-refractivity contribution in [2.24, 2.45) is 14.1 Å². The van der Waals surface area contributed by atoms with Crippen LogP contribution in [0.15, 0.2) is 32.2 Å². The number of nitrogens with zero attached hydrogens (tertiary/aromatic N) is 8. The Labute approximate surface area is 204 Å². The first-order valence-electron chi connectivity index (χ1n) is 10.4. The van der Waals surface area contributed by atoms with Crippen LogP contribution in [-0.4, -0.2) is 68.0 Å². The van der Waals surface area contributed by atoms with E-state index in [2.05, 4.69) is 15.2 Å². The van der Waals surface area contributed by atoms with Crippen LogP contribution in [0.5, 0.6) is 0 Å². The minimum absolute atomic E-state index is 0.0832. The number of rotatable bonds is 7. The number of hydrogen-bond donors (Lipinski definition) is 0. The summed E-state index contributed by atoms with van der Waals surface area (Å²) in [5.74, 6) is 1.03. The minimum atomic E-state index is -0.456. The van der Waals surface area contributed by atoms with Gasteiger partial charge in [0, 0.05) is 39.8 Å². The molecule has 0 atom stereocenters. The molecule has 3 aromatic heterocycles. The Morgan fingerprint density at radius 3 is 2.41 bits per heavy atom. The van der Waals surface area contributed by atoms with Crippen molar-refractivity contribution in [3.8, 4) is 11.5 Å². The molecular weight excluding hydrogens is 483 g/mol. The van der Waals surface area contributed by atoms with Crippen molar-refractivity contribution < 1.29 is 4.42 Å². The Balaban J connectivity index is 1.81. The van der Waals surface area contributed by atoms with Crippen LogP contribution in [-0.2, 0) is 20.6 Å². The van der Waals surface area contributed by atoms with Gasteiger partial charge in [-0.05, 0) is 32.3 Å². The lowest BCUT2D eigenvalue weighted by Gasteiger charge is -2.21. The fraction of sp³-hybridized carbons (Fsp3) is 0.381. The standard InChI is InChI=1S/C21H24Cl2N8O3/c1-27(2)8-9-28(3)20-24-17-16(19(32)30(5)21(33)29(17)4)31(20)11-15-25-26-18(34-15)12-6-7-13(22)14(23)10-12/h6-7,10H,8-9,11H2,1-5H3. The van der Waals surface area contributed by atoms with Crippen LogP contribution in [0.1, 0.15) is 5.89 Å². The largest absolute Gasteiger partial charge is 0.419 e. The maximum Gasteiger partial charge on any atom is 0.332 e. The molecule has 0 N–H and O–H groups in total. The van der Waals surface area contributed by atoms with Gasteiger partial charge >= 0.3 is 5.69 Å². The SMILES string of the molecule is CN(C)CCN(C)c1nc2c(c(=O)n(C)c(=O)n2C)n1Cc1nnc(-c2ccc(Cl)c(Cl)c2)o1. The monoisotopic (exact) mass is 506 g/mol. The second kappa shape index (κ2) is 9.24. The second-order valence-electron chi connectivity index (χ2n) is 8.23. The number of aromatic nitrogens is 6. The number of hydrogen-bond acceptors (Lipinski definition) is 8. The van der Waals surface area contributed by atoms with Gasteiger partial charge in [-0.25, -0.2) is 4.79 Å². The highest BCUT2D eigenvalue weighted by Gasteiger charge is 2.23. The molecule has 13 heteroatoms. The molecule has 34 heavy (non-hydrogen) atoms. The zero-order valence-electron chi connectivity index (χ0n) is 19.4. The van der Waals surface area contributed by atoms with E-state index in [4.69, 9.17) is 27.6 Å². The molecule has 4 rings (SSSR count). The van der Waals surface area contributed by atoms with Crippen molar-refractivity contribution >= 4 is 40.3 Å². The Kier molecular flexibility index (Phi) is 6.52. The Hall–Kier alpha value is -3.15. The van der Waals surface area contributed by atoms with E-state index in [9.17, 15) is 9.59 Å². The minimum Gasteiger partial charge on any atom is -0.419 e. The molecule has 0 aliphatic rings. The van der Waals surface area contributed by atoms with E-state index >= 15 is 0 Å². The van der Waals surface area contributed by atoms with E-state index < -0.39 is 11.2 Å². The number of anilines is 1. The van der Waals surface area contributed by atoms with Gasteiger partial charge in [-0.3, -0.25) is 18.5 Å². The first-order chi connectivity index (χ1) is 16.1. The van der Waals surface area contributed by atoms with Gasteiger partial charge in [-0.1, -0.05) is 23.2 Å². The van der Waals surface area contributed by atoms with Crippen LogP contribution in [0.4, 0.5) is 5.95 Å². The van der Waals surface area contributed by atoms with Crippen LogP contribution >= 0.6 is 23.2 Å². The zero-order valence-corrected chi connectivity index (χ0v) is 20.9. The van der Waals surface area contributed by atoms with E-state index in [1.165, 1.54) is 11.6 Å². The Morgan fingerprint density at radius 1 is 1.00 bits per heavy atom. The highest BCUT2D eigenvalue weighted by Crippen LogP contribution is 2.28. The molecule has 0 saturated carbocycles. The lowest BCUT2D eigenvalue weighted by atomic mass is 10.2. The maximum absolute atomic E-state index is 13.1. The molecule has 0 fully saturated rings. The van der Waals surface area contributed by atoms with Gasteiger partial charge in [0.15, 0.2) is 11.2 Å². The van der Waals surface area contributed by atoms with Crippen LogP contribution in [0.3, 0.4) is 0 Å². The average molecular weight is 507 g/mol. The summed E-state index contributed by atoms with van der Waals surface area (Å²) in [6.45, 7) is 1.49. The fourth-order valence-electron chi connectivity index (χ4n) is 3.52. The fourth-order valence-corrected chi connectivity index (χ4v) is 3.82. The summed E-state index contributed by atoms with van der Waals surface area (Å²) in [4.78, 5) is 34.1. The molecule has 0 amide bonds. The van der Waals surface area contributed by atoms with Crippen molar-refractivity contribution in [1.82, 2.24) is 33.8 Å². The third-order valence-corrected chi connectivity index (χ3v) is 6.22. The van der Waals surface area contributed by atoms with E-state index in [1.54, 1.807) is 29.8 Å². The normalized spacial score (nSPS) is 11.6. The highest BCUT2D eigenvalue weighted by molar-refractivity contribution is 6.42. The predicted molar refractivity (Wildman–Crippen MR) is 131 cm³/mol.